The Morgan fingerprint density at radius 3 is 1.76 bits per heavy atom. The van der Waals surface area contributed by atoms with Crippen LogP contribution in [0.2, 0.25) is 0 Å². The van der Waals surface area contributed by atoms with E-state index in [1.165, 1.54) is 24.3 Å². The van der Waals surface area contributed by atoms with Crippen LogP contribution in [0.5, 0.6) is 17.2 Å². The van der Waals surface area contributed by atoms with Gasteiger partial charge in [-0.05, 0) is 24.3 Å². The van der Waals surface area contributed by atoms with Crippen molar-refractivity contribution in [2.24, 2.45) is 0 Å². The molecule has 0 aliphatic carbocycles. The zero-order chi connectivity index (χ0) is 27.5. The molecular formula is C25H26O13. The summed E-state index contributed by atoms with van der Waals surface area (Å²) in [6.45, 7) is -0.966. The molecule has 13 heteroatoms. The van der Waals surface area contributed by atoms with E-state index in [9.17, 15) is 50.8 Å². The monoisotopic (exact) mass is 534 g/mol. The lowest BCUT2D eigenvalue weighted by Gasteiger charge is -2.38. The van der Waals surface area contributed by atoms with Gasteiger partial charge in [0.05, 0.1) is 24.3 Å². The molecule has 3 aromatic rings. The highest BCUT2D eigenvalue weighted by molar-refractivity contribution is 5.91. The molecule has 2 saturated heterocycles. The summed E-state index contributed by atoms with van der Waals surface area (Å²) < 4.78 is 16.8. The lowest BCUT2D eigenvalue weighted by atomic mass is 9.87. The summed E-state index contributed by atoms with van der Waals surface area (Å²) in [7, 11) is 0. The fourth-order valence-corrected chi connectivity index (χ4v) is 4.83. The van der Waals surface area contributed by atoms with Crippen molar-refractivity contribution in [2.45, 2.75) is 48.8 Å². The first-order valence-electron chi connectivity index (χ1n) is 11.7. The molecule has 0 bridgehead atoms. The van der Waals surface area contributed by atoms with E-state index < -0.39 is 101 Å². The number of hydrogen-bond acceptors (Lipinski definition) is 13. The molecule has 2 aromatic carbocycles. The summed E-state index contributed by atoms with van der Waals surface area (Å²) >= 11 is 0. The molecule has 38 heavy (non-hydrogen) atoms. The van der Waals surface area contributed by atoms with Gasteiger partial charge in [0.25, 0.3) is 0 Å². The Labute approximate surface area is 213 Å². The third kappa shape index (κ3) is 4.19. The normalized spacial score (nSPS) is 31.9. The third-order valence-electron chi connectivity index (χ3n) is 6.92. The minimum atomic E-state index is -1.85. The van der Waals surface area contributed by atoms with Gasteiger partial charge in [-0.1, -0.05) is 0 Å². The zero-order valence-corrected chi connectivity index (χ0v) is 19.6. The van der Waals surface area contributed by atoms with Gasteiger partial charge in [0, 0.05) is 11.6 Å². The number of aromatic hydroxyl groups is 3. The van der Waals surface area contributed by atoms with Crippen LogP contribution < -0.4 is 5.43 Å². The molecule has 0 saturated carbocycles. The molecule has 2 aliphatic rings. The van der Waals surface area contributed by atoms with Crippen molar-refractivity contribution in [1.29, 1.82) is 0 Å². The maximum absolute atomic E-state index is 13.3. The van der Waals surface area contributed by atoms with Crippen LogP contribution in [-0.4, -0.2) is 95.8 Å². The zero-order valence-electron chi connectivity index (χ0n) is 19.6. The maximum Gasteiger partial charge on any atom is 0.197 e. The number of phenolic OH excluding ortho intramolecular Hbond substituents is 3. The number of rotatable bonds is 3. The molecule has 1 aromatic heterocycles. The van der Waals surface area contributed by atoms with Gasteiger partial charge in [-0.25, -0.2) is 0 Å². The number of benzene rings is 2. The predicted molar refractivity (Wildman–Crippen MR) is 126 cm³/mol. The van der Waals surface area contributed by atoms with Gasteiger partial charge in [-0.3, -0.25) is 4.79 Å². The summed E-state index contributed by atoms with van der Waals surface area (Å²) in [6, 6.07) is 6.60. The van der Waals surface area contributed by atoms with Crippen molar-refractivity contribution in [1.82, 2.24) is 0 Å². The Hall–Kier alpha value is -3.27. The Morgan fingerprint density at radius 2 is 1.21 bits per heavy atom. The van der Waals surface area contributed by atoms with E-state index in [2.05, 4.69) is 0 Å². The molecule has 3 heterocycles. The highest BCUT2D eigenvalue weighted by atomic mass is 16.5. The molecule has 5 rings (SSSR count). The summed E-state index contributed by atoms with van der Waals surface area (Å²) in [5.41, 5.74) is -1.86. The second kappa shape index (κ2) is 9.80. The Kier molecular flexibility index (Phi) is 6.79. The molecular weight excluding hydrogens is 508 g/mol. The molecule has 8 unspecified atom stereocenters. The quantitative estimate of drug-likeness (QED) is 0.194. The fourth-order valence-electron chi connectivity index (χ4n) is 4.83. The summed E-state index contributed by atoms with van der Waals surface area (Å²) in [5, 5.41) is 93.1. The summed E-state index contributed by atoms with van der Waals surface area (Å²) in [4.78, 5) is 13.3. The molecule has 0 amide bonds. The van der Waals surface area contributed by atoms with Crippen molar-refractivity contribution < 1.29 is 59.8 Å². The van der Waals surface area contributed by atoms with Crippen LogP contribution in [0.1, 0.15) is 23.3 Å². The van der Waals surface area contributed by atoms with Crippen LogP contribution in [0, 0.1) is 0 Å². The molecule has 2 fully saturated rings. The number of ether oxygens (including phenoxy) is 2. The predicted octanol–water partition coefficient (Wildman–Crippen LogP) is -1.12. The van der Waals surface area contributed by atoms with E-state index in [1.807, 2.05) is 0 Å². The van der Waals surface area contributed by atoms with Crippen LogP contribution in [0.15, 0.2) is 39.5 Å². The fraction of sp³-hybridized carbons (Fsp3) is 0.400. The van der Waals surface area contributed by atoms with Gasteiger partial charge >= 0.3 is 0 Å². The van der Waals surface area contributed by atoms with Gasteiger partial charge in [-0.2, -0.15) is 0 Å². The van der Waals surface area contributed by atoms with E-state index in [0.29, 0.717) is 5.56 Å². The number of fused-ring (bicyclic) bond motifs is 1. The van der Waals surface area contributed by atoms with Crippen molar-refractivity contribution in [3.05, 3.63) is 51.7 Å². The van der Waals surface area contributed by atoms with Crippen LogP contribution in [0.25, 0.3) is 22.3 Å². The molecule has 0 radical (unpaired) electrons. The Bertz CT molecular complexity index is 1400. The number of aliphatic hydroxyl groups is 6. The minimum Gasteiger partial charge on any atom is -0.508 e. The molecule has 0 spiro atoms. The Balaban J connectivity index is 1.80. The third-order valence-corrected chi connectivity index (χ3v) is 6.92. The molecule has 13 nitrogen and oxygen atoms in total. The van der Waals surface area contributed by atoms with E-state index in [0.717, 1.165) is 6.07 Å². The van der Waals surface area contributed by atoms with Crippen molar-refractivity contribution in [2.75, 3.05) is 13.2 Å². The first-order chi connectivity index (χ1) is 18.0. The first-order valence-corrected chi connectivity index (χ1v) is 11.7. The van der Waals surface area contributed by atoms with Crippen LogP contribution >= 0.6 is 0 Å². The number of aliphatic hydroxyl groups excluding tert-OH is 6. The smallest absolute Gasteiger partial charge is 0.197 e. The summed E-state index contributed by atoms with van der Waals surface area (Å²) in [6.07, 6.45) is -13.3. The molecule has 204 valence electrons. The second-order valence-corrected chi connectivity index (χ2v) is 9.36. The number of hydrogen-bond donors (Lipinski definition) is 9. The second-order valence-electron chi connectivity index (χ2n) is 9.36. The summed E-state index contributed by atoms with van der Waals surface area (Å²) in [5.74, 6) is -1.80. The average molecular weight is 534 g/mol. The van der Waals surface area contributed by atoms with E-state index in [1.54, 1.807) is 0 Å². The molecule has 9 N–H and O–H groups in total. The number of phenols is 3. The lowest BCUT2D eigenvalue weighted by molar-refractivity contribution is -0.191. The largest absolute Gasteiger partial charge is 0.508 e. The van der Waals surface area contributed by atoms with Crippen molar-refractivity contribution in [3.8, 4) is 28.6 Å². The standard InChI is InChI=1S/C25H26O13/c26-9-3-1-8(2-4-9)13-5-10(27)14-19(32)15(24-21(34)17(30)11(28)6-36-24)20(33)16(23(14)38-13)25-22(35)18(31)12(29)7-37-25/h1-5,11-12,17-18,21-22,24-26,28-35H,6-7H2. The Morgan fingerprint density at radius 1 is 0.684 bits per heavy atom. The highest BCUT2D eigenvalue weighted by Crippen LogP contribution is 2.50. The topological polar surface area (TPSA) is 231 Å². The van der Waals surface area contributed by atoms with E-state index in [4.69, 9.17) is 13.9 Å². The first kappa shape index (κ1) is 26.3. The van der Waals surface area contributed by atoms with Gasteiger partial charge in [0.2, 0.25) is 0 Å². The highest BCUT2D eigenvalue weighted by Gasteiger charge is 2.46. The van der Waals surface area contributed by atoms with Gasteiger partial charge in [-0.15, -0.1) is 0 Å². The average Bonchev–Trinajstić information content (AvgIpc) is 2.88. The van der Waals surface area contributed by atoms with E-state index >= 15 is 0 Å². The van der Waals surface area contributed by atoms with Crippen LogP contribution in [-0.2, 0) is 9.47 Å². The van der Waals surface area contributed by atoms with E-state index in [-0.39, 0.29) is 11.5 Å². The maximum atomic E-state index is 13.3. The van der Waals surface area contributed by atoms with Crippen LogP contribution in [0.4, 0.5) is 0 Å². The molecule has 2 aliphatic heterocycles. The lowest BCUT2D eigenvalue weighted by Crippen LogP contribution is -2.49. The van der Waals surface area contributed by atoms with Crippen LogP contribution in [0.3, 0.4) is 0 Å². The van der Waals surface area contributed by atoms with Crippen molar-refractivity contribution >= 4 is 11.0 Å². The van der Waals surface area contributed by atoms with Gasteiger partial charge in [0.15, 0.2) is 11.0 Å². The van der Waals surface area contributed by atoms with Crippen molar-refractivity contribution in [3.63, 3.8) is 0 Å². The molecule has 8 atom stereocenters. The van der Waals surface area contributed by atoms with Gasteiger partial charge in [0.1, 0.15) is 77.2 Å². The minimum absolute atomic E-state index is 0.0475. The SMILES string of the molecule is O=c1cc(-c2ccc(O)cc2)oc2c(C3OCC(O)C(O)C3O)c(O)c(C3OCC(O)C(O)C3O)c(O)c12. The van der Waals surface area contributed by atoms with Gasteiger partial charge < -0.3 is 59.8 Å².